The zero-order valence-corrected chi connectivity index (χ0v) is 12.4. The van der Waals surface area contributed by atoms with Gasteiger partial charge in [0.05, 0.1) is 0 Å². The molecule has 0 aromatic heterocycles. The molecule has 3 N–H and O–H groups in total. The smallest absolute Gasteiger partial charge is 0.253 e. The Labute approximate surface area is 130 Å². The second-order valence-corrected chi connectivity index (χ2v) is 5.74. The van der Waals surface area contributed by atoms with E-state index in [4.69, 9.17) is 5.73 Å². The molecule has 2 aromatic carbocycles. The van der Waals surface area contributed by atoms with Crippen LogP contribution < -0.4 is 5.73 Å². The van der Waals surface area contributed by atoms with E-state index < -0.39 is 0 Å². The number of hydrogen-bond acceptors (Lipinski definition) is 3. The molecule has 1 unspecified atom stereocenters. The van der Waals surface area contributed by atoms with Gasteiger partial charge in [-0.15, -0.1) is 0 Å². The molecule has 1 aliphatic rings. The third kappa shape index (κ3) is 2.83. The van der Waals surface area contributed by atoms with Crippen LogP contribution in [0, 0.1) is 5.92 Å². The lowest BCUT2D eigenvalue weighted by Crippen LogP contribution is -2.29. The molecular weight excluding hydrogens is 276 g/mol. The molecule has 22 heavy (non-hydrogen) atoms. The van der Waals surface area contributed by atoms with Gasteiger partial charge in [-0.1, -0.05) is 30.3 Å². The number of nitrogens with zero attached hydrogens (tertiary/aromatic N) is 1. The van der Waals surface area contributed by atoms with Crippen molar-refractivity contribution in [2.24, 2.45) is 11.7 Å². The Morgan fingerprint density at radius 3 is 2.55 bits per heavy atom. The fourth-order valence-electron chi connectivity index (χ4n) is 2.90. The van der Waals surface area contributed by atoms with E-state index >= 15 is 0 Å². The van der Waals surface area contributed by atoms with Gasteiger partial charge in [0.1, 0.15) is 5.75 Å². The molecule has 1 fully saturated rings. The lowest BCUT2D eigenvalue weighted by atomic mass is 10.0. The average molecular weight is 296 g/mol. The van der Waals surface area contributed by atoms with Gasteiger partial charge in [0, 0.05) is 24.2 Å². The summed E-state index contributed by atoms with van der Waals surface area (Å²) in [5.74, 6) is 0.719. The largest absolute Gasteiger partial charge is 0.507 e. The third-order valence-electron chi connectivity index (χ3n) is 4.25. The summed E-state index contributed by atoms with van der Waals surface area (Å²) < 4.78 is 0. The van der Waals surface area contributed by atoms with Crippen molar-refractivity contribution >= 4 is 5.91 Å². The number of carbonyl (C=O) groups is 1. The number of aromatic hydroxyl groups is 1. The number of carbonyl (C=O) groups excluding carboxylic acids is 1. The van der Waals surface area contributed by atoms with Crippen LogP contribution in [0.3, 0.4) is 0 Å². The zero-order valence-electron chi connectivity index (χ0n) is 12.4. The molecule has 0 aliphatic carbocycles. The van der Waals surface area contributed by atoms with Crippen LogP contribution in [-0.2, 0) is 0 Å². The average Bonchev–Trinajstić information content (AvgIpc) is 3.04. The van der Waals surface area contributed by atoms with E-state index in [9.17, 15) is 9.90 Å². The molecule has 3 rings (SSSR count). The van der Waals surface area contributed by atoms with Crippen LogP contribution in [0.2, 0.25) is 0 Å². The number of phenolic OH excluding ortho intramolecular Hbond substituents is 1. The summed E-state index contributed by atoms with van der Waals surface area (Å²) in [5, 5.41) is 9.88. The van der Waals surface area contributed by atoms with E-state index in [1.54, 1.807) is 12.1 Å². The second kappa shape index (κ2) is 6.20. The van der Waals surface area contributed by atoms with Crippen molar-refractivity contribution in [1.29, 1.82) is 0 Å². The first-order valence-corrected chi connectivity index (χ1v) is 7.57. The Morgan fingerprint density at radius 2 is 1.91 bits per heavy atom. The number of benzene rings is 2. The van der Waals surface area contributed by atoms with Gasteiger partial charge in [0.2, 0.25) is 0 Å². The molecule has 114 valence electrons. The van der Waals surface area contributed by atoms with Gasteiger partial charge in [-0.2, -0.15) is 0 Å². The lowest BCUT2D eigenvalue weighted by Gasteiger charge is -2.16. The van der Waals surface area contributed by atoms with Gasteiger partial charge in [0.25, 0.3) is 5.91 Å². The lowest BCUT2D eigenvalue weighted by molar-refractivity contribution is 0.0787. The number of rotatable bonds is 3. The normalized spacial score (nSPS) is 17.7. The molecule has 0 radical (unpaired) electrons. The molecule has 2 aromatic rings. The summed E-state index contributed by atoms with van der Waals surface area (Å²) in [6.45, 7) is 2.16. The maximum atomic E-state index is 12.5. The summed E-state index contributed by atoms with van der Waals surface area (Å²) in [4.78, 5) is 14.3. The van der Waals surface area contributed by atoms with E-state index in [1.807, 2.05) is 41.3 Å². The van der Waals surface area contributed by atoms with Crippen molar-refractivity contribution in [3.8, 4) is 16.9 Å². The number of para-hydroxylation sites is 1. The highest BCUT2D eigenvalue weighted by molar-refractivity contribution is 5.95. The minimum atomic E-state index is 0.0554. The molecule has 1 aliphatic heterocycles. The van der Waals surface area contributed by atoms with Gasteiger partial charge in [-0.05, 0) is 42.6 Å². The Balaban J connectivity index is 1.77. The first-order chi connectivity index (χ1) is 10.7. The third-order valence-corrected chi connectivity index (χ3v) is 4.25. The summed E-state index contributed by atoms with van der Waals surface area (Å²) in [5.41, 5.74) is 8.02. The quantitative estimate of drug-likeness (QED) is 0.914. The summed E-state index contributed by atoms with van der Waals surface area (Å²) >= 11 is 0. The zero-order chi connectivity index (χ0) is 15.5. The van der Waals surface area contributed by atoms with Crippen LogP contribution in [0.25, 0.3) is 11.1 Å². The SMILES string of the molecule is NCC1CCN(C(=O)c2ccc(-c3ccccc3O)cc2)C1. The molecule has 0 saturated carbocycles. The summed E-state index contributed by atoms with van der Waals surface area (Å²) in [7, 11) is 0. The van der Waals surface area contributed by atoms with Crippen molar-refractivity contribution in [3.63, 3.8) is 0 Å². The predicted molar refractivity (Wildman–Crippen MR) is 86.6 cm³/mol. The first kappa shape index (κ1) is 14.6. The van der Waals surface area contributed by atoms with Crippen molar-refractivity contribution in [1.82, 2.24) is 4.90 Å². The molecule has 0 bridgehead atoms. The first-order valence-electron chi connectivity index (χ1n) is 7.57. The highest BCUT2D eigenvalue weighted by atomic mass is 16.3. The monoisotopic (exact) mass is 296 g/mol. The van der Waals surface area contributed by atoms with E-state index in [0.29, 0.717) is 18.0 Å². The second-order valence-electron chi connectivity index (χ2n) is 5.74. The molecule has 1 saturated heterocycles. The number of hydrogen-bond donors (Lipinski definition) is 2. The van der Waals surface area contributed by atoms with Gasteiger partial charge >= 0.3 is 0 Å². The van der Waals surface area contributed by atoms with Gasteiger partial charge < -0.3 is 15.7 Å². The molecule has 4 nitrogen and oxygen atoms in total. The molecule has 1 heterocycles. The van der Waals surface area contributed by atoms with Crippen molar-refractivity contribution in [3.05, 3.63) is 54.1 Å². The summed E-state index contributed by atoms with van der Waals surface area (Å²) in [6, 6.07) is 14.6. The van der Waals surface area contributed by atoms with E-state index in [1.165, 1.54) is 0 Å². The van der Waals surface area contributed by atoms with Crippen molar-refractivity contribution in [2.75, 3.05) is 19.6 Å². The van der Waals surface area contributed by atoms with Crippen LogP contribution in [0.1, 0.15) is 16.8 Å². The van der Waals surface area contributed by atoms with Crippen LogP contribution in [-0.4, -0.2) is 35.5 Å². The van der Waals surface area contributed by atoms with Crippen molar-refractivity contribution < 1.29 is 9.90 Å². The highest BCUT2D eigenvalue weighted by Gasteiger charge is 2.25. The van der Waals surface area contributed by atoms with Crippen LogP contribution in [0.5, 0.6) is 5.75 Å². The Morgan fingerprint density at radius 1 is 1.18 bits per heavy atom. The van der Waals surface area contributed by atoms with Crippen molar-refractivity contribution in [2.45, 2.75) is 6.42 Å². The minimum Gasteiger partial charge on any atom is -0.507 e. The number of phenols is 1. The van der Waals surface area contributed by atoms with Crippen LogP contribution >= 0.6 is 0 Å². The topological polar surface area (TPSA) is 66.6 Å². The molecule has 0 spiro atoms. The van der Waals surface area contributed by atoms with E-state index in [2.05, 4.69) is 0 Å². The Kier molecular flexibility index (Phi) is 4.11. The Bertz CT molecular complexity index is 667. The predicted octanol–water partition coefficient (Wildman–Crippen LogP) is 2.48. The fourth-order valence-corrected chi connectivity index (χ4v) is 2.90. The number of nitrogens with two attached hydrogens (primary N) is 1. The fraction of sp³-hybridized carbons (Fsp3) is 0.278. The number of likely N-dealkylation sites (tertiary alicyclic amines) is 1. The van der Waals surface area contributed by atoms with E-state index in [-0.39, 0.29) is 11.7 Å². The summed E-state index contributed by atoms with van der Waals surface area (Å²) in [6.07, 6.45) is 0.984. The Hall–Kier alpha value is -2.33. The van der Waals surface area contributed by atoms with Gasteiger partial charge in [-0.3, -0.25) is 4.79 Å². The molecule has 1 atom stereocenters. The van der Waals surface area contributed by atoms with E-state index in [0.717, 1.165) is 30.6 Å². The molecular formula is C18H20N2O2. The minimum absolute atomic E-state index is 0.0554. The van der Waals surface area contributed by atoms with Crippen LogP contribution in [0.15, 0.2) is 48.5 Å². The van der Waals surface area contributed by atoms with Gasteiger partial charge in [-0.25, -0.2) is 0 Å². The molecule has 1 amide bonds. The highest BCUT2D eigenvalue weighted by Crippen LogP contribution is 2.29. The number of amides is 1. The standard InChI is InChI=1S/C18H20N2O2/c19-11-13-9-10-20(12-13)18(22)15-7-5-14(6-8-15)16-3-1-2-4-17(16)21/h1-8,13,21H,9-12,19H2. The maximum absolute atomic E-state index is 12.5. The maximum Gasteiger partial charge on any atom is 0.253 e. The van der Waals surface area contributed by atoms with Gasteiger partial charge in [0.15, 0.2) is 0 Å². The van der Waals surface area contributed by atoms with Crippen LogP contribution in [0.4, 0.5) is 0 Å². The molecule has 4 heteroatoms.